The molecule has 0 bridgehead atoms. The first kappa shape index (κ1) is 23.8. The molecule has 5 rings (SSSR count). The Hall–Kier alpha value is -2.91. The summed E-state index contributed by atoms with van der Waals surface area (Å²) in [4.78, 5) is 20.1. The number of aryl methyl sites for hydroxylation is 2. The van der Waals surface area contributed by atoms with E-state index in [0.717, 1.165) is 55.1 Å². The fourth-order valence-corrected chi connectivity index (χ4v) is 6.66. The van der Waals surface area contributed by atoms with Crippen molar-refractivity contribution in [2.45, 2.75) is 49.8 Å². The second kappa shape index (κ2) is 9.99. The maximum atomic E-state index is 13.1. The summed E-state index contributed by atoms with van der Waals surface area (Å²) in [6.07, 6.45) is 6.00. The van der Waals surface area contributed by atoms with Gasteiger partial charge < -0.3 is 14.8 Å². The minimum absolute atomic E-state index is 0.0583. The predicted octanol–water partition coefficient (Wildman–Crippen LogP) is 3.92. The van der Waals surface area contributed by atoms with Crippen molar-refractivity contribution in [2.24, 2.45) is 7.05 Å². The van der Waals surface area contributed by atoms with E-state index in [0.29, 0.717) is 31.4 Å². The zero-order valence-corrected chi connectivity index (χ0v) is 21.1. The number of fused-ring (bicyclic) bond motifs is 1. The monoisotopic (exact) mass is 495 g/mol. The Bertz CT molecular complexity index is 1320. The number of nitrogens with zero attached hydrogens (tertiary/aromatic N) is 4. The number of benzene rings is 2. The molecule has 2 saturated heterocycles. The summed E-state index contributed by atoms with van der Waals surface area (Å²) >= 11 is 0. The standard InChI is InChI=1S/C26H33N5O3S/c1-29-23-12-11-20(35(33,34)31-17-5-2-6-18-31)19-22(23)27-25(29)13-14-26(32)28-21-9-3-4-10-24(21)30-15-7-8-16-30/h3-4,9-12,19H,2,5-8,13-18H2,1H3,(H,28,32). The fraction of sp³-hybridized carbons (Fsp3) is 0.462. The summed E-state index contributed by atoms with van der Waals surface area (Å²) in [5.74, 6) is 0.701. The van der Waals surface area contributed by atoms with E-state index >= 15 is 0 Å². The third-order valence-electron chi connectivity index (χ3n) is 7.10. The van der Waals surface area contributed by atoms with Gasteiger partial charge in [-0.25, -0.2) is 13.4 Å². The number of sulfonamides is 1. The molecule has 3 heterocycles. The van der Waals surface area contributed by atoms with Crippen LogP contribution in [0.1, 0.15) is 44.3 Å². The number of amides is 1. The lowest BCUT2D eigenvalue weighted by Crippen LogP contribution is -2.35. The Kier molecular flexibility index (Phi) is 6.80. The summed E-state index contributed by atoms with van der Waals surface area (Å²) in [7, 11) is -1.61. The molecule has 1 aromatic heterocycles. The van der Waals surface area contributed by atoms with Crippen molar-refractivity contribution in [2.75, 3.05) is 36.4 Å². The molecule has 35 heavy (non-hydrogen) atoms. The quantitative estimate of drug-likeness (QED) is 0.537. The number of carbonyl (C=O) groups excluding carboxylic acids is 1. The van der Waals surface area contributed by atoms with Crippen molar-refractivity contribution < 1.29 is 13.2 Å². The van der Waals surface area contributed by atoms with Crippen LogP contribution in [0.4, 0.5) is 11.4 Å². The van der Waals surface area contributed by atoms with Crippen LogP contribution in [0.2, 0.25) is 0 Å². The van der Waals surface area contributed by atoms with Crippen molar-refractivity contribution in [1.82, 2.24) is 13.9 Å². The van der Waals surface area contributed by atoms with Gasteiger partial charge in [0.15, 0.2) is 0 Å². The number of anilines is 2. The number of imidazole rings is 1. The Morgan fingerprint density at radius 3 is 2.46 bits per heavy atom. The number of carbonyl (C=O) groups is 1. The van der Waals surface area contributed by atoms with Gasteiger partial charge in [0.25, 0.3) is 0 Å². The van der Waals surface area contributed by atoms with Gasteiger partial charge in [-0.05, 0) is 56.0 Å². The van der Waals surface area contributed by atoms with E-state index in [4.69, 9.17) is 0 Å². The molecule has 186 valence electrons. The van der Waals surface area contributed by atoms with Crippen molar-refractivity contribution in [3.8, 4) is 0 Å². The molecule has 0 spiro atoms. The van der Waals surface area contributed by atoms with Gasteiger partial charge in [0.2, 0.25) is 15.9 Å². The number of piperidine rings is 1. The molecule has 0 aliphatic carbocycles. The van der Waals surface area contributed by atoms with Crippen LogP contribution in [0.25, 0.3) is 11.0 Å². The van der Waals surface area contributed by atoms with E-state index < -0.39 is 10.0 Å². The molecule has 2 aliphatic heterocycles. The highest BCUT2D eigenvalue weighted by Crippen LogP contribution is 2.29. The van der Waals surface area contributed by atoms with Crippen molar-refractivity contribution in [3.05, 3.63) is 48.3 Å². The molecular weight excluding hydrogens is 462 g/mol. The second-order valence-electron chi connectivity index (χ2n) is 9.46. The molecule has 2 aliphatic rings. The normalized spacial score (nSPS) is 17.2. The molecule has 0 atom stereocenters. The molecular formula is C26H33N5O3S. The van der Waals surface area contributed by atoms with E-state index in [1.807, 2.05) is 35.9 Å². The van der Waals surface area contributed by atoms with E-state index in [1.165, 1.54) is 12.8 Å². The van der Waals surface area contributed by atoms with E-state index in [2.05, 4.69) is 21.3 Å². The number of rotatable bonds is 7. The lowest BCUT2D eigenvalue weighted by Gasteiger charge is -2.25. The molecule has 3 aromatic rings. The summed E-state index contributed by atoms with van der Waals surface area (Å²) in [6.45, 7) is 3.18. The number of hydrogen-bond acceptors (Lipinski definition) is 5. The average molecular weight is 496 g/mol. The predicted molar refractivity (Wildman–Crippen MR) is 138 cm³/mol. The van der Waals surface area contributed by atoms with Gasteiger partial charge in [-0.3, -0.25) is 4.79 Å². The van der Waals surface area contributed by atoms with Gasteiger partial charge in [0, 0.05) is 46.1 Å². The second-order valence-corrected chi connectivity index (χ2v) is 11.4. The van der Waals surface area contributed by atoms with Crippen molar-refractivity contribution >= 4 is 38.3 Å². The van der Waals surface area contributed by atoms with Crippen LogP contribution in [-0.2, 0) is 28.3 Å². The first-order valence-electron chi connectivity index (χ1n) is 12.5. The molecule has 0 radical (unpaired) electrons. The number of para-hydroxylation sites is 2. The summed E-state index contributed by atoms with van der Waals surface area (Å²) in [5, 5.41) is 3.07. The fourth-order valence-electron chi connectivity index (χ4n) is 5.12. The van der Waals surface area contributed by atoms with Crippen LogP contribution in [0.15, 0.2) is 47.4 Å². The van der Waals surface area contributed by atoms with E-state index in [9.17, 15) is 13.2 Å². The molecule has 0 unspecified atom stereocenters. The molecule has 2 fully saturated rings. The Morgan fingerprint density at radius 2 is 1.69 bits per heavy atom. The number of hydrogen-bond donors (Lipinski definition) is 1. The molecule has 9 heteroatoms. The lowest BCUT2D eigenvalue weighted by atomic mass is 10.2. The van der Waals surface area contributed by atoms with Gasteiger partial charge in [-0.2, -0.15) is 4.31 Å². The van der Waals surface area contributed by atoms with Gasteiger partial charge >= 0.3 is 0 Å². The smallest absolute Gasteiger partial charge is 0.243 e. The number of nitrogens with one attached hydrogen (secondary N) is 1. The van der Waals surface area contributed by atoms with Crippen LogP contribution < -0.4 is 10.2 Å². The number of aromatic nitrogens is 2. The Labute approximate surface area is 207 Å². The SMILES string of the molecule is Cn1c(CCC(=O)Nc2ccccc2N2CCCC2)nc2cc(S(=O)(=O)N3CCCCC3)ccc21. The maximum Gasteiger partial charge on any atom is 0.243 e. The lowest BCUT2D eigenvalue weighted by molar-refractivity contribution is -0.116. The van der Waals surface area contributed by atoms with E-state index in [-0.39, 0.29) is 10.8 Å². The highest BCUT2D eigenvalue weighted by molar-refractivity contribution is 7.89. The Morgan fingerprint density at radius 1 is 0.971 bits per heavy atom. The van der Waals surface area contributed by atoms with Crippen LogP contribution in [0.3, 0.4) is 0 Å². The van der Waals surface area contributed by atoms with Crippen LogP contribution in [0, 0.1) is 0 Å². The van der Waals surface area contributed by atoms with Crippen LogP contribution in [0.5, 0.6) is 0 Å². The highest BCUT2D eigenvalue weighted by Gasteiger charge is 2.26. The van der Waals surface area contributed by atoms with Gasteiger partial charge in [0.05, 0.1) is 27.3 Å². The third kappa shape index (κ3) is 4.92. The summed E-state index contributed by atoms with van der Waals surface area (Å²) in [5.41, 5.74) is 3.42. The van der Waals surface area contributed by atoms with Crippen molar-refractivity contribution in [1.29, 1.82) is 0 Å². The minimum atomic E-state index is -3.51. The first-order valence-corrected chi connectivity index (χ1v) is 14.0. The molecule has 2 aromatic carbocycles. The van der Waals surface area contributed by atoms with Crippen LogP contribution >= 0.6 is 0 Å². The zero-order valence-electron chi connectivity index (χ0n) is 20.2. The van der Waals surface area contributed by atoms with Crippen molar-refractivity contribution in [3.63, 3.8) is 0 Å². The van der Waals surface area contributed by atoms with Crippen LogP contribution in [-0.4, -0.2) is 54.4 Å². The molecule has 1 N–H and O–H groups in total. The first-order chi connectivity index (χ1) is 16.9. The molecule has 8 nitrogen and oxygen atoms in total. The van der Waals surface area contributed by atoms with E-state index in [1.54, 1.807) is 16.4 Å². The Balaban J connectivity index is 1.28. The average Bonchev–Trinajstić information content (AvgIpc) is 3.52. The highest BCUT2D eigenvalue weighted by atomic mass is 32.2. The van der Waals surface area contributed by atoms with Gasteiger partial charge in [0.1, 0.15) is 5.82 Å². The maximum absolute atomic E-state index is 13.1. The van der Waals surface area contributed by atoms with Gasteiger partial charge in [-0.1, -0.05) is 18.6 Å². The topological polar surface area (TPSA) is 87.5 Å². The molecule has 0 saturated carbocycles. The summed E-state index contributed by atoms with van der Waals surface area (Å²) in [6, 6.07) is 13.1. The van der Waals surface area contributed by atoms with Gasteiger partial charge in [-0.15, -0.1) is 0 Å². The minimum Gasteiger partial charge on any atom is -0.370 e. The summed E-state index contributed by atoms with van der Waals surface area (Å²) < 4.78 is 29.7. The third-order valence-corrected chi connectivity index (χ3v) is 8.99. The molecule has 1 amide bonds. The zero-order chi connectivity index (χ0) is 24.4. The largest absolute Gasteiger partial charge is 0.370 e.